The van der Waals surface area contributed by atoms with Crippen molar-refractivity contribution in [3.8, 4) is 0 Å². The molecular formula is C14H16N4O3S. The summed E-state index contributed by atoms with van der Waals surface area (Å²) in [5, 5.41) is -0.0827. The molecule has 1 unspecified atom stereocenters. The molecule has 0 saturated heterocycles. The van der Waals surface area contributed by atoms with Crippen LogP contribution in [-0.2, 0) is 34.8 Å². The van der Waals surface area contributed by atoms with E-state index >= 15 is 0 Å². The van der Waals surface area contributed by atoms with Gasteiger partial charge in [-0.2, -0.15) is 4.31 Å². The van der Waals surface area contributed by atoms with Gasteiger partial charge in [0.15, 0.2) is 5.03 Å². The van der Waals surface area contributed by atoms with Crippen molar-refractivity contribution in [3.05, 3.63) is 47.9 Å². The van der Waals surface area contributed by atoms with E-state index in [1.807, 2.05) is 24.3 Å². The van der Waals surface area contributed by atoms with Gasteiger partial charge in [0.1, 0.15) is 6.04 Å². The number of carbonyl (C=O) groups excluding carboxylic acids is 1. The zero-order chi connectivity index (χ0) is 15.9. The quantitative estimate of drug-likeness (QED) is 0.862. The molecule has 1 aliphatic rings. The summed E-state index contributed by atoms with van der Waals surface area (Å²) < 4.78 is 28.2. The number of aryl methyl sites for hydroxylation is 1. The fourth-order valence-corrected chi connectivity index (χ4v) is 4.18. The van der Waals surface area contributed by atoms with Crippen LogP contribution in [0.2, 0.25) is 0 Å². The largest absolute Gasteiger partial charge is 0.368 e. The molecule has 0 saturated carbocycles. The van der Waals surface area contributed by atoms with Gasteiger partial charge in [-0.25, -0.2) is 13.4 Å². The van der Waals surface area contributed by atoms with E-state index in [1.165, 1.54) is 12.5 Å². The van der Waals surface area contributed by atoms with Crippen LogP contribution in [0.4, 0.5) is 0 Å². The van der Waals surface area contributed by atoms with Gasteiger partial charge in [-0.3, -0.25) is 4.79 Å². The molecule has 0 radical (unpaired) electrons. The third-order valence-electron chi connectivity index (χ3n) is 3.79. The van der Waals surface area contributed by atoms with Crippen molar-refractivity contribution in [1.29, 1.82) is 0 Å². The van der Waals surface area contributed by atoms with Gasteiger partial charge in [-0.1, -0.05) is 24.3 Å². The number of primary amides is 1. The van der Waals surface area contributed by atoms with Gasteiger partial charge < -0.3 is 10.3 Å². The molecule has 0 bridgehead atoms. The minimum Gasteiger partial charge on any atom is -0.368 e. The maximum atomic E-state index is 12.8. The van der Waals surface area contributed by atoms with Crippen LogP contribution < -0.4 is 5.73 Å². The van der Waals surface area contributed by atoms with Gasteiger partial charge in [-0.15, -0.1) is 0 Å². The lowest BCUT2D eigenvalue weighted by atomic mass is 9.96. The summed E-state index contributed by atoms with van der Waals surface area (Å²) in [7, 11) is -2.19. The summed E-state index contributed by atoms with van der Waals surface area (Å²) in [6.07, 6.45) is 3.09. The van der Waals surface area contributed by atoms with Crippen molar-refractivity contribution < 1.29 is 13.2 Å². The van der Waals surface area contributed by atoms with Gasteiger partial charge in [0.25, 0.3) is 10.0 Å². The summed E-state index contributed by atoms with van der Waals surface area (Å²) in [4.78, 5) is 15.6. The number of fused-ring (bicyclic) bond motifs is 1. The molecule has 3 rings (SSSR count). The molecule has 2 heterocycles. The second kappa shape index (κ2) is 5.22. The predicted octanol–water partition coefficient (Wildman–Crippen LogP) is 0.0210. The van der Waals surface area contributed by atoms with E-state index < -0.39 is 22.0 Å². The van der Waals surface area contributed by atoms with E-state index in [0.29, 0.717) is 0 Å². The predicted molar refractivity (Wildman–Crippen MR) is 79.1 cm³/mol. The Bertz CT molecular complexity index is 828. The molecule has 0 fully saturated rings. The van der Waals surface area contributed by atoms with Crippen LogP contribution in [0.5, 0.6) is 0 Å². The topological polar surface area (TPSA) is 98.3 Å². The molecule has 1 atom stereocenters. The van der Waals surface area contributed by atoms with Gasteiger partial charge in [0.2, 0.25) is 5.91 Å². The third kappa shape index (κ3) is 2.40. The Morgan fingerprint density at radius 1 is 1.32 bits per heavy atom. The molecule has 22 heavy (non-hydrogen) atoms. The highest BCUT2D eigenvalue weighted by molar-refractivity contribution is 7.89. The van der Waals surface area contributed by atoms with Crippen LogP contribution in [0.1, 0.15) is 11.1 Å². The van der Waals surface area contributed by atoms with Crippen LogP contribution in [-0.4, -0.2) is 34.2 Å². The zero-order valence-electron chi connectivity index (χ0n) is 12.0. The van der Waals surface area contributed by atoms with E-state index in [9.17, 15) is 13.2 Å². The fourth-order valence-electron chi connectivity index (χ4n) is 2.64. The Labute approximate surface area is 128 Å². The molecule has 0 spiro atoms. The first-order valence-electron chi connectivity index (χ1n) is 6.75. The number of benzene rings is 1. The van der Waals surface area contributed by atoms with Gasteiger partial charge in [-0.05, 0) is 17.5 Å². The Morgan fingerprint density at radius 3 is 2.59 bits per heavy atom. The van der Waals surface area contributed by atoms with E-state index in [4.69, 9.17) is 5.73 Å². The number of carbonyl (C=O) groups is 1. The van der Waals surface area contributed by atoms with Crippen molar-refractivity contribution in [2.45, 2.75) is 24.0 Å². The van der Waals surface area contributed by atoms with E-state index in [2.05, 4.69) is 4.98 Å². The van der Waals surface area contributed by atoms with Crippen LogP contribution in [0, 0.1) is 0 Å². The lowest BCUT2D eigenvalue weighted by molar-refractivity contribution is -0.122. The Morgan fingerprint density at radius 2 is 2.00 bits per heavy atom. The number of aromatic nitrogens is 2. The van der Waals surface area contributed by atoms with Crippen molar-refractivity contribution in [1.82, 2.24) is 13.9 Å². The molecule has 0 aliphatic carbocycles. The molecule has 1 aliphatic heterocycles. The van der Waals surface area contributed by atoms with Crippen LogP contribution in [0.25, 0.3) is 0 Å². The normalized spacial score (nSPS) is 18.9. The first kappa shape index (κ1) is 14.7. The molecule has 116 valence electrons. The second-order valence-electron chi connectivity index (χ2n) is 5.32. The molecular weight excluding hydrogens is 304 g/mol. The Balaban J connectivity index is 2.06. The number of nitrogens with zero attached hydrogens (tertiary/aromatic N) is 3. The number of sulfonamides is 1. The highest BCUT2D eigenvalue weighted by Crippen LogP contribution is 2.28. The minimum atomic E-state index is -3.88. The number of rotatable bonds is 3. The number of hydrogen-bond donors (Lipinski definition) is 1. The second-order valence-corrected chi connectivity index (χ2v) is 7.16. The number of hydrogen-bond acceptors (Lipinski definition) is 4. The maximum absolute atomic E-state index is 12.8. The molecule has 1 amide bonds. The molecule has 2 N–H and O–H groups in total. The number of nitrogens with two attached hydrogens (primary N) is 1. The van der Waals surface area contributed by atoms with E-state index in [1.54, 1.807) is 11.6 Å². The average Bonchev–Trinajstić information content (AvgIpc) is 2.93. The Hall–Kier alpha value is -2.19. The van der Waals surface area contributed by atoms with Crippen LogP contribution in [0.3, 0.4) is 0 Å². The molecule has 7 nitrogen and oxygen atoms in total. The fraction of sp³-hybridized carbons (Fsp3) is 0.286. The van der Waals surface area contributed by atoms with Gasteiger partial charge >= 0.3 is 0 Å². The SMILES string of the molecule is Cn1cnc(S(=O)(=O)N2Cc3ccccc3CC2C(N)=O)c1. The summed E-state index contributed by atoms with van der Waals surface area (Å²) in [5.41, 5.74) is 7.24. The van der Waals surface area contributed by atoms with Crippen LogP contribution >= 0.6 is 0 Å². The number of imidazole rings is 1. The minimum absolute atomic E-state index is 0.0827. The molecule has 2 aromatic rings. The summed E-state index contributed by atoms with van der Waals surface area (Å²) >= 11 is 0. The molecule has 8 heteroatoms. The monoisotopic (exact) mass is 320 g/mol. The smallest absolute Gasteiger partial charge is 0.263 e. The standard InChI is InChI=1S/C14H16N4O3S/c1-17-8-13(16-9-17)22(20,21)18-7-11-5-3-2-4-10(11)6-12(18)14(15)19/h2-5,8-9,12H,6-7H2,1H3,(H2,15,19). The average molecular weight is 320 g/mol. The maximum Gasteiger partial charge on any atom is 0.263 e. The Kier molecular flexibility index (Phi) is 3.50. The first-order chi connectivity index (χ1) is 10.4. The van der Waals surface area contributed by atoms with Crippen molar-refractivity contribution in [3.63, 3.8) is 0 Å². The van der Waals surface area contributed by atoms with Crippen LogP contribution in [0.15, 0.2) is 41.8 Å². The first-order valence-corrected chi connectivity index (χ1v) is 8.19. The van der Waals surface area contributed by atoms with Gasteiger partial charge in [0, 0.05) is 19.8 Å². The summed E-state index contributed by atoms with van der Waals surface area (Å²) in [6, 6.07) is 6.54. The van der Waals surface area contributed by atoms with Crippen molar-refractivity contribution in [2.24, 2.45) is 12.8 Å². The molecule has 1 aromatic heterocycles. The van der Waals surface area contributed by atoms with Crippen molar-refractivity contribution in [2.75, 3.05) is 0 Å². The third-order valence-corrected chi connectivity index (χ3v) is 5.53. The number of amides is 1. The zero-order valence-corrected chi connectivity index (χ0v) is 12.8. The summed E-state index contributed by atoms with van der Waals surface area (Å²) in [5.74, 6) is -0.658. The highest BCUT2D eigenvalue weighted by atomic mass is 32.2. The van der Waals surface area contributed by atoms with E-state index in [0.717, 1.165) is 15.4 Å². The molecule has 1 aromatic carbocycles. The van der Waals surface area contributed by atoms with Crippen molar-refractivity contribution >= 4 is 15.9 Å². The van der Waals surface area contributed by atoms with Gasteiger partial charge in [0.05, 0.1) is 6.33 Å². The highest BCUT2D eigenvalue weighted by Gasteiger charge is 2.39. The van der Waals surface area contributed by atoms with E-state index in [-0.39, 0.29) is 18.0 Å². The lowest BCUT2D eigenvalue weighted by Crippen LogP contribution is -2.51. The lowest BCUT2D eigenvalue weighted by Gasteiger charge is -2.33. The summed E-state index contributed by atoms with van der Waals surface area (Å²) in [6.45, 7) is 0.114.